The molecule has 27 heavy (non-hydrogen) atoms. The molecule has 2 aromatic rings. The van der Waals surface area contributed by atoms with Crippen LogP contribution < -0.4 is 0 Å². The zero-order valence-corrected chi connectivity index (χ0v) is 15.5. The lowest BCUT2D eigenvalue weighted by Gasteiger charge is -2.39. The maximum atomic E-state index is 14.0. The van der Waals surface area contributed by atoms with Gasteiger partial charge in [-0.3, -0.25) is 9.69 Å². The van der Waals surface area contributed by atoms with Crippen molar-refractivity contribution in [2.24, 2.45) is 5.41 Å². The number of likely N-dealkylation sites (tertiary alicyclic amines) is 2. The van der Waals surface area contributed by atoms with Crippen LogP contribution in [0.1, 0.15) is 36.3 Å². The topological polar surface area (TPSA) is 36.7 Å². The van der Waals surface area contributed by atoms with Crippen LogP contribution in [0.3, 0.4) is 0 Å². The van der Waals surface area contributed by atoms with Gasteiger partial charge in [-0.05, 0) is 50.9 Å². The predicted molar refractivity (Wildman–Crippen MR) is 96.8 cm³/mol. The molecular formula is C21H24F2N2O2. The maximum absolute atomic E-state index is 14.0. The molecule has 0 bridgehead atoms. The van der Waals surface area contributed by atoms with Gasteiger partial charge in [-0.25, -0.2) is 8.78 Å². The van der Waals surface area contributed by atoms with E-state index in [0.717, 1.165) is 43.4 Å². The Kier molecular flexibility index (Phi) is 4.76. The van der Waals surface area contributed by atoms with E-state index >= 15 is 0 Å². The number of carbonyl (C=O) groups is 1. The molecule has 0 radical (unpaired) electrons. The van der Waals surface area contributed by atoms with Gasteiger partial charge in [-0.1, -0.05) is 12.1 Å². The van der Waals surface area contributed by atoms with Gasteiger partial charge in [-0.15, -0.1) is 0 Å². The van der Waals surface area contributed by atoms with Gasteiger partial charge in [0.25, 0.3) is 0 Å². The Morgan fingerprint density at radius 1 is 1.11 bits per heavy atom. The van der Waals surface area contributed by atoms with Gasteiger partial charge in [0.05, 0.1) is 12.0 Å². The average Bonchev–Trinajstić information content (AvgIpc) is 3.23. The van der Waals surface area contributed by atoms with Crippen molar-refractivity contribution in [2.75, 3.05) is 19.6 Å². The number of nitrogens with zero attached hydrogens (tertiary/aromatic N) is 2. The molecular weight excluding hydrogens is 350 g/mol. The quantitative estimate of drug-likeness (QED) is 0.815. The number of hydrogen-bond donors (Lipinski definition) is 0. The molecule has 0 N–H and O–H groups in total. The molecule has 0 unspecified atom stereocenters. The first-order chi connectivity index (χ1) is 13.0. The monoisotopic (exact) mass is 374 g/mol. The Labute approximate surface area is 157 Å². The van der Waals surface area contributed by atoms with Crippen molar-refractivity contribution < 1.29 is 18.0 Å². The highest BCUT2D eigenvalue weighted by Gasteiger charge is 2.48. The zero-order valence-electron chi connectivity index (χ0n) is 15.5. The Hall–Kier alpha value is -2.21. The number of hydrogen-bond acceptors (Lipinski definition) is 3. The second-order valence-corrected chi connectivity index (χ2v) is 7.80. The molecule has 2 saturated heterocycles. The first-order valence-corrected chi connectivity index (χ1v) is 9.47. The highest BCUT2D eigenvalue weighted by atomic mass is 19.2. The van der Waals surface area contributed by atoms with Crippen LogP contribution in [0.2, 0.25) is 0 Å². The Bertz CT molecular complexity index is 850. The highest BCUT2D eigenvalue weighted by Crippen LogP contribution is 2.41. The van der Waals surface area contributed by atoms with Crippen molar-refractivity contribution >= 4 is 5.91 Å². The summed E-state index contributed by atoms with van der Waals surface area (Å²) in [4.78, 5) is 17.2. The molecule has 2 aliphatic heterocycles. The van der Waals surface area contributed by atoms with E-state index in [1.54, 1.807) is 11.0 Å². The van der Waals surface area contributed by atoms with Gasteiger partial charge >= 0.3 is 0 Å². The van der Waals surface area contributed by atoms with Crippen LogP contribution in [-0.4, -0.2) is 35.3 Å². The fourth-order valence-electron chi connectivity index (χ4n) is 4.44. The minimum Gasteiger partial charge on any atom is -0.465 e. The molecule has 2 aliphatic rings. The van der Waals surface area contributed by atoms with E-state index in [2.05, 4.69) is 4.90 Å². The summed E-state index contributed by atoms with van der Waals surface area (Å²) in [5.41, 5.74) is -0.176. The highest BCUT2D eigenvalue weighted by molar-refractivity contribution is 5.84. The van der Waals surface area contributed by atoms with Crippen LogP contribution in [0.5, 0.6) is 0 Å². The summed E-state index contributed by atoms with van der Waals surface area (Å²) in [5, 5.41) is 0. The van der Waals surface area contributed by atoms with Crippen LogP contribution in [0.25, 0.3) is 0 Å². The summed E-state index contributed by atoms with van der Waals surface area (Å²) in [6, 6.07) is 8.06. The van der Waals surface area contributed by atoms with E-state index in [9.17, 15) is 13.6 Å². The van der Waals surface area contributed by atoms with Crippen LogP contribution in [-0.2, 0) is 17.9 Å². The number of rotatable bonds is 4. The summed E-state index contributed by atoms with van der Waals surface area (Å²) in [7, 11) is 0. The predicted octanol–water partition coefficient (Wildman–Crippen LogP) is 3.88. The minimum atomic E-state index is -0.868. The third-order valence-corrected chi connectivity index (χ3v) is 5.83. The normalized spacial score (nSPS) is 23.5. The number of furan rings is 1. The molecule has 3 heterocycles. The van der Waals surface area contributed by atoms with Crippen LogP contribution >= 0.6 is 0 Å². The van der Waals surface area contributed by atoms with E-state index < -0.39 is 17.0 Å². The van der Waals surface area contributed by atoms with E-state index in [4.69, 9.17) is 4.42 Å². The number of carbonyl (C=O) groups excluding carboxylic acids is 1. The molecule has 2 fully saturated rings. The molecule has 4 nitrogen and oxygen atoms in total. The smallest absolute Gasteiger partial charge is 0.230 e. The molecule has 0 saturated carbocycles. The fraction of sp³-hybridized carbons (Fsp3) is 0.476. The van der Waals surface area contributed by atoms with Crippen molar-refractivity contribution in [3.63, 3.8) is 0 Å². The Morgan fingerprint density at radius 2 is 1.96 bits per heavy atom. The molecule has 1 spiro atoms. The first-order valence-electron chi connectivity index (χ1n) is 9.47. The summed E-state index contributed by atoms with van der Waals surface area (Å²) in [6.45, 7) is 4.86. The molecule has 1 aromatic heterocycles. The maximum Gasteiger partial charge on any atom is 0.230 e. The lowest BCUT2D eigenvalue weighted by Crippen LogP contribution is -2.49. The SMILES string of the molecule is Cc1ccc(CN2CC[C@]3(CCCN(Cc4cccc(F)c4F)C3=O)C2)o1. The number of halogens is 2. The Balaban J connectivity index is 1.46. The van der Waals surface area contributed by atoms with E-state index in [0.29, 0.717) is 19.6 Å². The standard InChI is InChI=1S/C21H24F2N2O2/c1-15-6-7-17(27-15)13-24-11-9-21(14-24)8-3-10-25(20(21)26)12-16-4-2-5-18(22)19(16)23/h2,4-7H,3,8-14H2,1H3/t21-/m1/s1. The second kappa shape index (κ2) is 7.08. The average molecular weight is 374 g/mol. The molecule has 6 heteroatoms. The van der Waals surface area contributed by atoms with Crippen LogP contribution in [0.15, 0.2) is 34.7 Å². The number of aryl methyl sites for hydroxylation is 1. The van der Waals surface area contributed by atoms with E-state index in [1.165, 1.54) is 6.07 Å². The largest absolute Gasteiger partial charge is 0.465 e. The van der Waals surface area contributed by atoms with Gasteiger partial charge in [0.1, 0.15) is 11.5 Å². The number of benzene rings is 1. The van der Waals surface area contributed by atoms with Crippen molar-refractivity contribution in [3.05, 3.63) is 59.1 Å². The first kappa shape index (κ1) is 18.2. The van der Waals surface area contributed by atoms with Crippen molar-refractivity contribution in [2.45, 2.75) is 39.3 Å². The Morgan fingerprint density at radius 3 is 2.74 bits per heavy atom. The lowest BCUT2D eigenvalue weighted by atomic mass is 9.78. The van der Waals surface area contributed by atoms with Gasteiger partial charge < -0.3 is 9.32 Å². The third kappa shape index (κ3) is 3.50. The third-order valence-electron chi connectivity index (χ3n) is 5.83. The molecule has 1 amide bonds. The zero-order chi connectivity index (χ0) is 19.0. The summed E-state index contributed by atoms with van der Waals surface area (Å²) >= 11 is 0. The molecule has 144 valence electrons. The van der Waals surface area contributed by atoms with Crippen LogP contribution in [0, 0.1) is 24.0 Å². The summed E-state index contributed by atoms with van der Waals surface area (Å²) in [5.74, 6) is 0.136. The van der Waals surface area contributed by atoms with E-state index in [-0.39, 0.29) is 18.0 Å². The van der Waals surface area contributed by atoms with Crippen molar-refractivity contribution in [1.29, 1.82) is 0 Å². The second-order valence-electron chi connectivity index (χ2n) is 7.80. The number of amides is 1. The number of piperidine rings is 1. The fourth-order valence-corrected chi connectivity index (χ4v) is 4.44. The van der Waals surface area contributed by atoms with Crippen molar-refractivity contribution in [3.8, 4) is 0 Å². The lowest BCUT2D eigenvalue weighted by molar-refractivity contribution is -0.146. The van der Waals surface area contributed by atoms with E-state index in [1.807, 2.05) is 19.1 Å². The molecule has 0 aliphatic carbocycles. The van der Waals surface area contributed by atoms with Crippen LogP contribution in [0.4, 0.5) is 8.78 Å². The molecule has 1 aromatic carbocycles. The van der Waals surface area contributed by atoms with Gasteiger partial charge in [0, 0.05) is 25.2 Å². The summed E-state index contributed by atoms with van der Waals surface area (Å²) < 4.78 is 33.2. The van der Waals surface area contributed by atoms with Crippen molar-refractivity contribution in [1.82, 2.24) is 9.80 Å². The molecule has 4 rings (SSSR count). The van der Waals surface area contributed by atoms with Gasteiger partial charge in [-0.2, -0.15) is 0 Å². The molecule has 1 atom stereocenters. The minimum absolute atomic E-state index is 0.0653. The van der Waals surface area contributed by atoms with Gasteiger partial charge in [0.2, 0.25) is 5.91 Å². The van der Waals surface area contributed by atoms with Gasteiger partial charge in [0.15, 0.2) is 11.6 Å². The summed E-state index contributed by atoms with van der Waals surface area (Å²) in [6.07, 6.45) is 2.53.